The predicted octanol–water partition coefficient (Wildman–Crippen LogP) is 2.72. The number of aromatic nitrogens is 1. The van der Waals surface area contributed by atoms with Crippen molar-refractivity contribution in [3.05, 3.63) is 47.4 Å². The number of rotatable bonds is 6. The molecular weight excluding hydrogens is 396 g/mol. The lowest BCUT2D eigenvalue weighted by atomic mass is 9.97. The zero-order valence-electron chi connectivity index (χ0n) is 16.7. The number of benzene rings is 1. The van der Waals surface area contributed by atoms with Crippen molar-refractivity contribution in [2.75, 3.05) is 45.9 Å². The summed E-state index contributed by atoms with van der Waals surface area (Å²) in [4.78, 5) is 17.0. The smallest absolute Gasteiger partial charge is 0.276 e. The molecule has 9 heteroatoms. The van der Waals surface area contributed by atoms with Crippen LogP contribution in [0.5, 0.6) is 5.75 Å². The summed E-state index contributed by atoms with van der Waals surface area (Å²) in [5, 5.41) is 3.83. The van der Waals surface area contributed by atoms with E-state index in [9.17, 15) is 13.6 Å². The summed E-state index contributed by atoms with van der Waals surface area (Å²) in [5.41, 5.74) is 0.176. The number of morpholine rings is 1. The molecule has 2 aliphatic rings. The molecule has 30 heavy (non-hydrogen) atoms. The Morgan fingerprint density at radius 3 is 2.73 bits per heavy atom. The Balaban J connectivity index is 1.33. The van der Waals surface area contributed by atoms with Crippen LogP contribution in [0.2, 0.25) is 0 Å². The molecule has 3 heterocycles. The Kier molecular flexibility index (Phi) is 6.59. The fraction of sp³-hybridized carbons (Fsp3) is 0.524. The molecule has 1 aromatic heterocycles. The van der Waals surface area contributed by atoms with Gasteiger partial charge in [0, 0.05) is 38.8 Å². The van der Waals surface area contributed by atoms with E-state index in [-0.39, 0.29) is 24.0 Å². The number of nitrogens with zero attached hydrogens (tertiary/aromatic N) is 3. The second-order valence-corrected chi connectivity index (χ2v) is 7.69. The van der Waals surface area contributed by atoms with Crippen LogP contribution in [0.25, 0.3) is 0 Å². The van der Waals surface area contributed by atoms with Crippen molar-refractivity contribution in [3.8, 4) is 5.75 Å². The van der Waals surface area contributed by atoms with Gasteiger partial charge in [-0.15, -0.1) is 0 Å². The highest BCUT2D eigenvalue weighted by molar-refractivity contribution is 5.92. The number of hydrogen-bond acceptors (Lipinski definition) is 6. The van der Waals surface area contributed by atoms with Crippen LogP contribution in [0.3, 0.4) is 0 Å². The number of carbonyl (C=O) groups is 1. The highest BCUT2D eigenvalue weighted by atomic mass is 19.1. The van der Waals surface area contributed by atoms with Gasteiger partial charge in [0.1, 0.15) is 6.61 Å². The molecule has 0 unspecified atom stereocenters. The molecule has 0 N–H and O–H groups in total. The van der Waals surface area contributed by atoms with E-state index in [2.05, 4.69) is 10.1 Å². The van der Waals surface area contributed by atoms with Gasteiger partial charge in [-0.2, -0.15) is 0 Å². The standard InChI is InChI=1S/C21H25F2N3O4/c22-17-4-1-5-18(23)20(17)29-14-16-11-19(24-30-16)21(27)26-6-2-3-15(13-26)12-25-7-9-28-10-8-25/h1,4-5,11,15H,2-3,6-10,12-14H2/t15-/m1/s1. The first-order chi connectivity index (χ1) is 14.6. The second kappa shape index (κ2) is 9.53. The molecule has 1 amide bonds. The number of likely N-dealkylation sites (tertiary alicyclic amines) is 1. The molecule has 4 rings (SSSR count). The summed E-state index contributed by atoms with van der Waals surface area (Å²) >= 11 is 0. The van der Waals surface area contributed by atoms with Gasteiger partial charge >= 0.3 is 0 Å². The second-order valence-electron chi connectivity index (χ2n) is 7.69. The summed E-state index contributed by atoms with van der Waals surface area (Å²) in [7, 11) is 0. The van der Waals surface area contributed by atoms with Crippen LogP contribution in [-0.4, -0.2) is 66.8 Å². The number of carbonyl (C=O) groups excluding carboxylic acids is 1. The number of hydrogen-bond donors (Lipinski definition) is 0. The van der Waals surface area contributed by atoms with Gasteiger partial charge in [0.2, 0.25) is 0 Å². The zero-order chi connectivity index (χ0) is 20.9. The van der Waals surface area contributed by atoms with E-state index < -0.39 is 17.4 Å². The summed E-state index contributed by atoms with van der Waals surface area (Å²) in [5.74, 6) is -1.64. The van der Waals surface area contributed by atoms with Gasteiger partial charge in [-0.05, 0) is 30.9 Å². The lowest BCUT2D eigenvalue weighted by Gasteiger charge is -2.36. The topological polar surface area (TPSA) is 68.0 Å². The Morgan fingerprint density at radius 1 is 1.20 bits per heavy atom. The molecule has 0 radical (unpaired) electrons. The number of amides is 1. The van der Waals surface area contributed by atoms with Gasteiger partial charge in [-0.1, -0.05) is 11.2 Å². The molecule has 0 spiro atoms. The van der Waals surface area contributed by atoms with Crippen molar-refractivity contribution in [3.63, 3.8) is 0 Å². The van der Waals surface area contributed by atoms with Crippen LogP contribution in [0.4, 0.5) is 8.78 Å². The van der Waals surface area contributed by atoms with Crippen molar-refractivity contribution in [2.24, 2.45) is 5.92 Å². The van der Waals surface area contributed by atoms with Gasteiger partial charge in [0.25, 0.3) is 5.91 Å². The molecule has 0 bridgehead atoms. The molecule has 1 aromatic carbocycles. The summed E-state index contributed by atoms with van der Waals surface area (Å²) in [6.07, 6.45) is 2.04. The van der Waals surface area contributed by atoms with Crippen LogP contribution in [0.15, 0.2) is 28.8 Å². The van der Waals surface area contributed by atoms with E-state index in [1.807, 2.05) is 0 Å². The van der Waals surface area contributed by atoms with Gasteiger partial charge in [0.15, 0.2) is 28.8 Å². The van der Waals surface area contributed by atoms with E-state index in [0.29, 0.717) is 19.0 Å². The minimum Gasteiger partial charge on any atom is -0.479 e. The third-order valence-corrected chi connectivity index (χ3v) is 5.48. The lowest BCUT2D eigenvalue weighted by molar-refractivity contribution is 0.0222. The van der Waals surface area contributed by atoms with E-state index in [1.165, 1.54) is 12.1 Å². The summed E-state index contributed by atoms with van der Waals surface area (Å²) in [6.45, 7) is 5.47. The van der Waals surface area contributed by atoms with E-state index >= 15 is 0 Å². The SMILES string of the molecule is O=C(c1cc(COc2c(F)cccc2F)on1)N1CCC[C@H](CN2CCOCC2)C1. The number of halogens is 2. The quantitative estimate of drug-likeness (QED) is 0.715. The van der Waals surface area contributed by atoms with Gasteiger partial charge in [0.05, 0.1) is 13.2 Å². The molecular formula is C21H25F2N3O4. The van der Waals surface area contributed by atoms with E-state index in [4.69, 9.17) is 14.0 Å². The summed E-state index contributed by atoms with van der Waals surface area (Å²) < 4.78 is 43.0. The fourth-order valence-electron chi connectivity index (χ4n) is 3.95. The maximum atomic E-state index is 13.7. The molecule has 2 fully saturated rings. The Labute approximate surface area is 173 Å². The highest BCUT2D eigenvalue weighted by Gasteiger charge is 2.28. The molecule has 1 atom stereocenters. The minimum atomic E-state index is -0.801. The first-order valence-electron chi connectivity index (χ1n) is 10.2. The van der Waals surface area contributed by atoms with Crippen LogP contribution < -0.4 is 4.74 Å². The van der Waals surface area contributed by atoms with Crippen LogP contribution in [0, 0.1) is 17.6 Å². The molecule has 0 saturated carbocycles. The van der Waals surface area contributed by atoms with Crippen LogP contribution >= 0.6 is 0 Å². The van der Waals surface area contributed by atoms with E-state index in [0.717, 1.165) is 57.8 Å². The van der Waals surface area contributed by atoms with Gasteiger partial charge in [-0.3, -0.25) is 9.69 Å². The first-order valence-corrected chi connectivity index (χ1v) is 10.2. The fourth-order valence-corrected chi connectivity index (χ4v) is 3.95. The summed E-state index contributed by atoms with van der Waals surface area (Å²) in [6, 6.07) is 4.94. The minimum absolute atomic E-state index is 0.176. The van der Waals surface area contributed by atoms with Crippen LogP contribution in [-0.2, 0) is 11.3 Å². The molecule has 2 saturated heterocycles. The number of ether oxygens (including phenoxy) is 2. The normalized spacial score (nSPS) is 20.3. The highest BCUT2D eigenvalue weighted by Crippen LogP contribution is 2.23. The predicted molar refractivity (Wildman–Crippen MR) is 103 cm³/mol. The molecule has 2 aliphatic heterocycles. The number of piperidine rings is 1. The molecule has 7 nitrogen and oxygen atoms in total. The largest absolute Gasteiger partial charge is 0.479 e. The molecule has 2 aromatic rings. The van der Waals surface area contributed by atoms with Crippen molar-refractivity contribution in [1.29, 1.82) is 0 Å². The Bertz CT molecular complexity index is 849. The Hall–Kier alpha value is -2.52. The van der Waals surface area contributed by atoms with E-state index in [1.54, 1.807) is 4.90 Å². The average Bonchev–Trinajstić information content (AvgIpc) is 3.23. The Morgan fingerprint density at radius 2 is 1.97 bits per heavy atom. The molecule has 162 valence electrons. The third-order valence-electron chi connectivity index (χ3n) is 5.48. The maximum Gasteiger partial charge on any atom is 0.276 e. The third kappa shape index (κ3) is 4.96. The van der Waals surface area contributed by atoms with Gasteiger partial charge < -0.3 is 18.9 Å². The van der Waals surface area contributed by atoms with Crippen LogP contribution in [0.1, 0.15) is 29.1 Å². The van der Waals surface area contributed by atoms with Crippen molar-refractivity contribution in [1.82, 2.24) is 15.0 Å². The number of para-hydroxylation sites is 1. The van der Waals surface area contributed by atoms with Gasteiger partial charge in [-0.25, -0.2) is 8.78 Å². The lowest BCUT2D eigenvalue weighted by Crippen LogP contribution is -2.46. The monoisotopic (exact) mass is 421 g/mol. The average molecular weight is 421 g/mol. The molecule has 0 aliphatic carbocycles. The first kappa shape index (κ1) is 20.7. The van der Waals surface area contributed by atoms with Crippen molar-refractivity contribution in [2.45, 2.75) is 19.4 Å². The zero-order valence-corrected chi connectivity index (χ0v) is 16.7. The van der Waals surface area contributed by atoms with Crippen molar-refractivity contribution < 1.29 is 27.6 Å². The van der Waals surface area contributed by atoms with Crippen molar-refractivity contribution >= 4 is 5.91 Å². The maximum absolute atomic E-state index is 13.7.